The quantitative estimate of drug-likeness (QED) is 0.711. The summed E-state index contributed by atoms with van der Waals surface area (Å²) in [5.74, 6) is 0.0734. The fraction of sp³-hybridized carbons (Fsp3) is 0.400. The van der Waals surface area contributed by atoms with Crippen LogP contribution in [0.3, 0.4) is 0 Å². The van der Waals surface area contributed by atoms with Crippen LogP contribution in [-0.2, 0) is 9.84 Å². The number of aromatic nitrogens is 1. The maximum Gasteiger partial charge on any atom is 0.250 e. The van der Waals surface area contributed by atoms with Gasteiger partial charge < -0.3 is 16.4 Å². The van der Waals surface area contributed by atoms with E-state index in [0.717, 1.165) is 0 Å². The second kappa shape index (κ2) is 4.45. The molecule has 0 unspecified atom stereocenters. The Morgan fingerprint density at radius 3 is 2.50 bits per heavy atom. The fourth-order valence-electron chi connectivity index (χ4n) is 1.78. The van der Waals surface area contributed by atoms with Crippen molar-refractivity contribution in [3.8, 4) is 0 Å². The van der Waals surface area contributed by atoms with Crippen molar-refractivity contribution in [2.24, 2.45) is 5.73 Å². The summed E-state index contributed by atoms with van der Waals surface area (Å²) in [5, 5.41) is 0. The van der Waals surface area contributed by atoms with Gasteiger partial charge in [0.1, 0.15) is 5.82 Å². The molecule has 1 amide bonds. The lowest BCUT2D eigenvalue weighted by Gasteiger charge is -2.27. The SMILES string of the molecule is NC(=O)c1cc(N2CCS(=O)(=O)CC2)ncc1N. The third-order valence-corrected chi connectivity index (χ3v) is 4.46. The summed E-state index contributed by atoms with van der Waals surface area (Å²) in [4.78, 5) is 17.0. The molecule has 1 aliphatic heterocycles. The molecule has 1 aliphatic rings. The van der Waals surface area contributed by atoms with Crippen LogP contribution >= 0.6 is 0 Å². The molecule has 1 saturated heterocycles. The first kappa shape index (κ1) is 12.6. The predicted molar refractivity (Wildman–Crippen MR) is 68.0 cm³/mol. The van der Waals surface area contributed by atoms with E-state index >= 15 is 0 Å². The Labute approximate surface area is 105 Å². The van der Waals surface area contributed by atoms with E-state index in [1.54, 1.807) is 4.90 Å². The number of carbonyl (C=O) groups is 1. The molecule has 8 heteroatoms. The fourth-order valence-corrected chi connectivity index (χ4v) is 2.98. The van der Waals surface area contributed by atoms with Crippen LogP contribution < -0.4 is 16.4 Å². The first-order chi connectivity index (χ1) is 8.39. The minimum Gasteiger partial charge on any atom is -0.397 e. The summed E-state index contributed by atoms with van der Waals surface area (Å²) in [7, 11) is -2.94. The molecule has 0 aromatic carbocycles. The van der Waals surface area contributed by atoms with Gasteiger partial charge in [-0.2, -0.15) is 0 Å². The highest BCUT2D eigenvalue weighted by Gasteiger charge is 2.23. The molecule has 2 heterocycles. The van der Waals surface area contributed by atoms with Gasteiger partial charge in [-0.1, -0.05) is 0 Å². The molecule has 0 spiro atoms. The second-order valence-corrected chi connectivity index (χ2v) is 6.44. The van der Waals surface area contributed by atoms with E-state index in [1.807, 2.05) is 0 Å². The van der Waals surface area contributed by atoms with Crippen LogP contribution in [0, 0.1) is 0 Å². The highest BCUT2D eigenvalue weighted by molar-refractivity contribution is 7.91. The van der Waals surface area contributed by atoms with Gasteiger partial charge in [0.05, 0.1) is 29.0 Å². The molecule has 0 radical (unpaired) electrons. The topological polar surface area (TPSA) is 119 Å². The monoisotopic (exact) mass is 270 g/mol. The van der Waals surface area contributed by atoms with E-state index in [1.165, 1.54) is 12.3 Å². The molecular formula is C10H14N4O3S. The second-order valence-electron chi connectivity index (χ2n) is 4.13. The molecule has 0 aliphatic carbocycles. The molecule has 0 saturated carbocycles. The van der Waals surface area contributed by atoms with Gasteiger partial charge in [0.15, 0.2) is 9.84 Å². The Hall–Kier alpha value is -1.83. The molecule has 98 valence electrons. The number of nitrogens with zero attached hydrogens (tertiary/aromatic N) is 2. The van der Waals surface area contributed by atoms with Crippen molar-refractivity contribution < 1.29 is 13.2 Å². The third kappa shape index (κ3) is 2.53. The van der Waals surface area contributed by atoms with Crippen molar-refractivity contribution in [3.05, 3.63) is 17.8 Å². The Kier molecular flexibility index (Phi) is 3.12. The summed E-state index contributed by atoms with van der Waals surface area (Å²) in [6, 6.07) is 1.50. The number of rotatable bonds is 2. The number of primary amides is 1. The van der Waals surface area contributed by atoms with Crippen molar-refractivity contribution in [2.45, 2.75) is 0 Å². The van der Waals surface area contributed by atoms with Crippen LogP contribution in [0.15, 0.2) is 12.3 Å². The molecule has 2 rings (SSSR count). The number of anilines is 2. The Balaban J connectivity index is 2.25. The van der Waals surface area contributed by atoms with Crippen molar-refractivity contribution in [2.75, 3.05) is 35.2 Å². The van der Waals surface area contributed by atoms with Crippen LogP contribution in [0.1, 0.15) is 10.4 Å². The number of sulfone groups is 1. The lowest BCUT2D eigenvalue weighted by Crippen LogP contribution is -2.40. The van der Waals surface area contributed by atoms with Crippen molar-refractivity contribution in [1.82, 2.24) is 4.98 Å². The zero-order chi connectivity index (χ0) is 13.3. The van der Waals surface area contributed by atoms with Gasteiger partial charge in [0.25, 0.3) is 5.91 Å². The van der Waals surface area contributed by atoms with Crippen LogP contribution in [0.4, 0.5) is 11.5 Å². The van der Waals surface area contributed by atoms with Crippen LogP contribution in [0.2, 0.25) is 0 Å². The number of pyridine rings is 1. The minimum absolute atomic E-state index is 0.0883. The minimum atomic E-state index is -2.94. The van der Waals surface area contributed by atoms with Crippen LogP contribution in [-0.4, -0.2) is 43.9 Å². The standard InChI is InChI=1S/C10H14N4O3S/c11-8-6-13-9(5-7(8)10(12)15)14-1-3-18(16,17)4-2-14/h5-6H,1-4,11H2,(H2,12,15). The van der Waals surface area contributed by atoms with E-state index in [0.29, 0.717) is 18.9 Å². The number of carbonyl (C=O) groups excluding carboxylic acids is 1. The van der Waals surface area contributed by atoms with E-state index < -0.39 is 15.7 Å². The van der Waals surface area contributed by atoms with E-state index in [2.05, 4.69) is 4.98 Å². The van der Waals surface area contributed by atoms with Gasteiger partial charge in [-0.15, -0.1) is 0 Å². The summed E-state index contributed by atoms with van der Waals surface area (Å²) in [6.07, 6.45) is 1.36. The molecule has 0 atom stereocenters. The molecule has 1 aromatic rings. The largest absolute Gasteiger partial charge is 0.397 e. The zero-order valence-electron chi connectivity index (χ0n) is 9.67. The maximum absolute atomic E-state index is 11.3. The van der Waals surface area contributed by atoms with Gasteiger partial charge in [0, 0.05) is 13.1 Å². The van der Waals surface area contributed by atoms with Gasteiger partial charge in [-0.05, 0) is 6.07 Å². The normalized spacial score (nSPS) is 18.6. The lowest BCUT2D eigenvalue weighted by atomic mass is 10.2. The number of amides is 1. The predicted octanol–water partition coefficient (Wildman–Crippen LogP) is -1.00. The molecule has 7 nitrogen and oxygen atoms in total. The molecule has 1 aromatic heterocycles. The van der Waals surface area contributed by atoms with Gasteiger partial charge in [0.2, 0.25) is 0 Å². The highest BCUT2D eigenvalue weighted by Crippen LogP contribution is 2.19. The Morgan fingerprint density at radius 2 is 1.94 bits per heavy atom. The van der Waals surface area contributed by atoms with Gasteiger partial charge >= 0.3 is 0 Å². The van der Waals surface area contributed by atoms with E-state index in [9.17, 15) is 13.2 Å². The number of hydrogen-bond acceptors (Lipinski definition) is 6. The average molecular weight is 270 g/mol. The van der Waals surface area contributed by atoms with E-state index in [-0.39, 0.29) is 22.8 Å². The highest BCUT2D eigenvalue weighted by atomic mass is 32.2. The number of nitrogen functional groups attached to an aromatic ring is 1. The molecule has 4 N–H and O–H groups in total. The Bertz CT molecular complexity index is 571. The maximum atomic E-state index is 11.3. The molecule has 0 bridgehead atoms. The third-order valence-electron chi connectivity index (χ3n) is 2.85. The Morgan fingerprint density at radius 1 is 1.33 bits per heavy atom. The summed E-state index contributed by atoms with van der Waals surface area (Å²) >= 11 is 0. The zero-order valence-corrected chi connectivity index (χ0v) is 10.5. The summed E-state index contributed by atoms with van der Waals surface area (Å²) in [6.45, 7) is 0.717. The first-order valence-electron chi connectivity index (χ1n) is 5.40. The number of nitrogens with two attached hydrogens (primary N) is 2. The van der Waals surface area contributed by atoms with Gasteiger partial charge in [-0.25, -0.2) is 13.4 Å². The summed E-state index contributed by atoms with van der Waals surface area (Å²) in [5.41, 5.74) is 11.2. The average Bonchev–Trinajstić information content (AvgIpc) is 2.30. The van der Waals surface area contributed by atoms with Crippen molar-refractivity contribution in [3.63, 3.8) is 0 Å². The van der Waals surface area contributed by atoms with Crippen molar-refractivity contribution >= 4 is 27.2 Å². The molecular weight excluding hydrogens is 256 g/mol. The first-order valence-corrected chi connectivity index (χ1v) is 7.22. The molecule has 18 heavy (non-hydrogen) atoms. The summed E-state index contributed by atoms with van der Waals surface area (Å²) < 4.78 is 22.6. The van der Waals surface area contributed by atoms with E-state index in [4.69, 9.17) is 11.5 Å². The molecule has 1 fully saturated rings. The number of hydrogen-bond donors (Lipinski definition) is 2. The van der Waals surface area contributed by atoms with Crippen molar-refractivity contribution in [1.29, 1.82) is 0 Å². The van der Waals surface area contributed by atoms with Crippen LogP contribution in [0.25, 0.3) is 0 Å². The smallest absolute Gasteiger partial charge is 0.250 e. The van der Waals surface area contributed by atoms with Crippen LogP contribution in [0.5, 0.6) is 0 Å². The lowest BCUT2D eigenvalue weighted by molar-refractivity contribution is 0.100. The van der Waals surface area contributed by atoms with Gasteiger partial charge in [-0.3, -0.25) is 4.79 Å².